The van der Waals surface area contributed by atoms with Crippen LogP contribution in [-0.4, -0.2) is 43.5 Å². The Morgan fingerprint density at radius 2 is 1.55 bits per heavy atom. The number of carbonyl (C=O) groups excluding carboxylic acids is 2. The molecule has 2 rings (SSSR count). The lowest BCUT2D eigenvalue weighted by molar-refractivity contribution is -0.119. The Kier molecular flexibility index (Phi) is 7.67. The number of alkyl halides is 2. The highest BCUT2D eigenvalue weighted by Gasteiger charge is 2.15. The minimum atomic E-state index is -2.99. The molecular formula is C21H25F2N3O3. The predicted molar refractivity (Wildman–Crippen MR) is 108 cm³/mol. The van der Waals surface area contributed by atoms with E-state index in [2.05, 4.69) is 15.4 Å². The number of likely N-dealkylation sites (N-methyl/N-ethyl adjacent to an activating group) is 1. The number of anilines is 2. The highest BCUT2D eigenvalue weighted by molar-refractivity contribution is 5.96. The Morgan fingerprint density at radius 3 is 2.14 bits per heavy atom. The van der Waals surface area contributed by atoms with Crippen LogP contribution in [0.2, 0.25) is 0 Å². The molecule has 2 N–H and O–H groups in total. The van der Waals surface area contributed by atoms with Crippen LogP contribution in [0.15, 0.2) is 36.4 Å². The zero-order valence-corrected chi connectivity index (χ0v) is 16.9. The summed E-state index contributed by atoms with van der Waals surface area (Å²) >= 11 is 0. The average molecular weight is 405 g/mol. The van der Waals surface area contributed by atoms with Gasteiger partial charge in [-0.1, -0.05) is 29.8 Å². The third-order valence-electron chi connectivity index (χ3n) is 4.15. The maximum absolute atomic E-state index is 12.5. The molecule has 0 heterocycles. The molecule has 0 aromatic heterocycles. The highest BCUT2D eigenvalue weighted by atomic mass is 19.3. The summed E-state index contributed by atoms with van der Waals surface area (Å²) < 4.78 is 29.3. The molecule has 156 valence electrons. The normalized spacial score (nSPS) is 10.9. The van der Waals surface area contributed by atoms with E-state index in [1.807, 2.05) is 32.9 Å². The van der Waals surface area contributed by atoms with Crippen molar-refractivity contribution >= 4 is 23.2 Å². The lowest BCUT2D eigenvalue weighted by Crippen LogP contribution is -2.36. The SMILES string of the molecule is Cc1cc(C)c(NC(=O)CN(C)CC(=O)Nc2ccccc2OC(F)F)c(C)c1. The second kappa shape index (κ2) is 9.97. The highest BCUT2D eigenvalue weighted by Crippen LogP contribution is 2.25. The van der Waals surface area contributed by atoms with Crippen LogP contribution in [0.3, 0.4) is 0 Å². The standard InChI is InChI=1S/C21H25F2N3O3/c1-13-9-14(2)20(15(3)10-13)25-19(28)12-26(4)11-18(27)24-16-7-5-6-8-17(16)29-21(22)23/h5-10,21H,11-12H2,1-4H3,(H,24,27)(H,25,28). The average Bonchev–Trinajstić information content (AvgIpc) is 2.59. The van der Waals surface area contributed by atoms with E-state index < -0.39 is 12.5 Å². The van der Waals surface area contributed by atoms with Gasteiger partial charge in [0.2, 0.25) is 11.8 Å². The fourth-order valence-corrected chi connectivity index (χ4v) is 3.06. The molecule has 0 atom stereocenters. The van der Waals surface area contributed by atoms with Crippen molar-refractivity contribution in [2.24, 2.45) is 0 Å². The van der Waals surface area contributed by atoms with Crippen molar-refractivity contribution in [1.29, 1.82) is 0 Å². The van der Waals surface area contributed by atoms with Crippen LogP contribution in [0.4, 0.5) is 20.2 Å². The molecule has 8 heteroatoms. The molecular weight excluding hydrogens is 380 g/mol. The summed E-state index contributed by atoms with van der Waals surface area (Å²) in [6, 6.07) is 9.89. The van der Waals surface area contributed by atoms with Crippen LogP contribution in [0, 0.1) is 20.8 Å². The fourth-order valence-electron chi connectivity index (χ4n) is 3.06. The molecule has 0 saturated carbocycles. The van der Waals surface area contributed by atoms with Crippen LogP contribution in [0.25, 0.3) is 0 Å². The smallest absolute Gasteiger partial charge is 0.387 e. The maximum Gasteiger partial charge on any atom is 0.387 e. The van der Waals surface area contributed by atoms with E-state index in [4.69, 9.17) is 0 Å². The molecule has 0 aliphatic rings. The Morgan fingerprint density at radius 1 is 1.00 bits per heavy atom. The third kappa shape index (κ3) is 6.83. The van der Waals surface area contributed by atoms with Gasteiger partial charge in [-0.25, -0.2) is 0 Å². The minimum Gasteiger partial charge on any atom is -0.433 e. The van der Waals surface area contributed by atoms with Gasteiger partial charge in [0.25, 0.3) is 0 Å². The molecule has 0 fully saturated rings. The summed E-state index contributed by atoms with van der Waals surface area (Å²) in [5.41, 5.74) is 3.94. The third-order valence-corrected chi connectivity index (χ3v) is 4.15. The molecule has 29 heavy (non-hydrogen) atoms. The zero-order chi connectivity index (χ0) is 21.6. The van der Waals surface area contributed by atoms with Gasteiger partial charge in [0, 0.05) is 5.69 Å². The van der Waals surface area contributed by atoms with Gasteiger partial charge in [0.05, 0.1) is 18.8 Å². The number of carbonyl (C=O) groups is 2. The van der Waals surface area contributed by atoms with Crippen LogP contribution >= 0.6 is 0 Å². The van der Waals surface area contributed by atoms with E-state index in [-0.39, 0.29) is 30.4 Å². The first-order chi connectivity index (χ1) is 13.7. The summed E-state index contributed by atoms with van der Waals surface area (Å²) in [4.78, 5) is 26.1. The van der Waals surface area contributed by atoms with E-state index in [1.165, 1.54) is 23.1 Å². The summed E-state index contributed by atoms with van der Waals surface area (Å²) in [5, 5.41) is 5.40. The quantitative estimate of drug-likeness (QED) is 0.702. The van der Waals surface area contributed by atoms with Gasteiger partial charge in [-0.2, -0.15) is 8.78 Å². The second-order valence-corrected chi connectivity index (χ2v) is 6.92. The molecule has 2 aromatic carbocycles. The Balaban J connectivity index is 1.91. The first kappa shape index (κ1) is 22.3. The Hall–Kier alpha value is -3.00. The molecule has 0 aliphatic carbocycles. The van der Waals surface area contributed by atoms with E-state index in [0.29, 0.717) is 0 Å². The number of rotatable bonds is 8. The van der Waals surface area contributed by atoms with Crippen molar-refractivity contribution in [2.45, 2.75) is 27.4 Å². The molecule has 0 spiro atoms. The molecule has 6 nitrogen and oxygen atoms in total. The summed E-state index contributed by atoms with van der Waals surface area (Å²) in [7, 11) is 1.62. The Bertz CT molecular complexity index is 864. The van der Waals surface area contributed by atoms with Crippen LogP contribution in [0.5, 0.6) is 5.75 Å². The van der Waals surface area contributed by atoms with Crippen molar-refractivity contribution in [3.63, 3.8) is 0 Å². The zero-order valence-electron chi connectivity index (χ0n) is 16.9. The molecule has 0 radical (unpaired) electrons. The van der Waals surface area contributed by atoms with Gasteiger partial charge in [0.1, 0.15) is 5.75 Å². The molecule has 0 saturated heterocycles. The minimum absolute atomic E-state index is 0.00461. The molecule has 2 amide bonds. The lowest BCUT2D eigenvalue weighted by atomic mass is 10.1. The number of benzene rings is 2. The van der Waals surface area contributed by atoms with Crippen molar-refractivity contribution in [3.8, 4) is 5.75 Å². The van der Waals surface area contributed by atoms with Crippen LogP contribution in [-0.2, 0) is 9.59 Å². The van der Waals surface area contributed by atoms with Crippen molar-refractivity contribution in [1.82, 2.24) is 4.90 Å². The maximum atomic E-state index is 12.5. The molecule has 0 unspecified atom stereocenters. The van der Waals surface area contributed by atoms with E-state index in [1.54, 1.807) is 13.1 Å². The van der Waals surface area contributed by atoms with Gasteiger partial charge in [-0.05, 0) is 51.1 Å². The van der Waals surface area contributed by atoms with Crippen molar-refractivity contribution in [2.75, 3.05) is 30.8 Å². The summed E-state index contributed by atoms with van der Waals surface area (Å²) in [6.45, 7) is 2.74. The van der Waals surface area contributed by atoms with Gasteiger partial charge < -0.3 is 15.4 Å². The number of ether oxygens (including phenoxy) is 1. The number of nitrogens with one attached hydrogen (secondary N) is 2. The monoisotopic (exact) mass is 405 g/mol. The largest absolute Gasteiger partial charge is 0.433 e. The number of amides is 2. The topological polar surface area (TPSA) is 70.7 Å². The first-order valence-corrected chi connectivity index (χ1v) is 9.05. The van der Waals surface area contributed by atoms with Crippen LogP contribution < -0.4 is 15.4 Å². The van der Waals surface area contributed by atoms with E-state index in [9.17, 15) is 18.4 Å². The van der Waals surface area contributed by atoms with Gasteiger partial charge in [-0.15, -0.1) is 0 Å². The molecule has 0 bridgehead atoms. The fraction of sp³-hybridized carbons (Fsp3) is 0.333. The number of nitrogens with zero attached hydrogens (tertiary/aromatic N) is 1. The van der Waals surface area contributed by atoms with Gasteiger partial charge >= 0.3 is 6.61 Å². The van der Waals surface area contributed by atoms with Crippen LogP contribution in [0.1, 0.15) is 16.7 Å². The number of hydrogen-bond acceptors (Lipinski definition) is 4. The second-order valence-electron chi connectivity index (χ2n) is 6.92. The molecule has 2 aromatic rings. The van der Waals surface area contributed by atoms with Crippen molar-refractivity contribution in [3.05, 3.63) is 53.1 Å². The first-order valence-electron chi connectivity index (χ1n) is 9.05. The Labute approximate surface area is 168 Å². The van der Waals surface area contributed by atoms with Gasteiger partial charge in [-0.3, -0.25) is 14.5 Å². The number of para-hydroxylation sites is 2. The van der Waals surface area contributed by atoms with E-state index >= 15 is 0 Å². The summed E-state index contributed by atoms with van der Waals surface area (Å²) in [5.74, 6) is -0.827. The van der Waals surface area contributed by atoms with E-state index in [0.717, 1.165) is 22.4 Å². The number of halogens is 2. The number of hydrogen-bond donors (Lipinski definition) is 2. The van der Waals surface area contributed by atoms with Crippen molar-refractivity contribution < 1.29 is 23.1 Å². The lowest BCUT2D eigenvalue weighted by Gasteiger charge is -2.18. The summed E-state index contributed by atoms with van der Waals surface area (Å²) in [6.07, 6.45) is 0. The predicted octanol–water partition coefficient (Wildman–Crippen LogP) is 3.72. The molecule has 0 aliphatic heterocycles. The van der Waals surface area contributed by atoms with Gasteiger partial charge in [0.15, 0.2) is 0 Å². The number of aryl methyl sites for hydroxylation is 3.